The predicted octanol–water partition coefficient (Wildman–Crippen LogP) is 3.65. The van der Waals surface area contributed by atoms with Crippen molar-refractivity contribution in [1.29, 1.82) is 0 Å². The summed E-state index contributed by atoms with van der Waals surface area (Å²) < 4.78 is 5.06. The lowest BCUT2D eigenvalue weighted by atomic mass is 10.0. The lowest BCUT2D eigenvalue weighted by Crippen LogP contribution is -2.17. The van der Waals surface area contributed by atoms with Gasteiger partial charge in [0, 0.05) is 25.4 Å². The van der Waals surface area contributed by atoms with Gasteiger partial charge in [-0.3, -0.25) is 0 Å². The average molecular weight is 221 g/mol. The largest absolute Gasteiger partial charge is 0.385 e. The molecule has 1 N–H and O–H groups in total. The normalized spacial score (nSPS) is 12.8. The van der Waals surface area contributed by atoms with Gasteiger partial charge in [-0.1, -0.05) is 26.0 Å². The Labute approximate surface area is 99.0 Å². The Morgan fingerprint density at radius 1 is 1.12 bits per heavy atom. The van der Waals surface area contributed by atoms with Gasteiger partial charge in [0.15, 0.2) is 0 Å². The molecule has 0 bridgehead atoms. The molecule has 0 heterocycles. The number of nitrogens with one attached hydrogen (secondary N) is 1. The molecular weight excluding hydrogens is 198 g/mol. The second-order valence-electron chi connectivity index (χ2n) is 4.60. The first-order valence-electron chi connectivity index (χ1n) is 5.99. The van der Waals surface area contributed by atoms with Gasteiger partial charge >= 0.3 is 0 Å². The van der Waals surface area contributed by atoms with Crippen molar-refractivity contribution in [3.63, 3.8) is 0 Å². The monoisotopic (exact) mass is 221 g/mol. The molecule has 0 amide bonds. The van der Waals surface area contributed by atoms with Gasteiger partial charge in [-0.15, -0.1) is 0 Å². The molecule has 0 saturated heterocycles. The minimum atomic E-state index is 0.449. The summed E-state index contributed by atoms with van der Waals surface area (Å²) in [5.41, 5.74) is 2.57. The first-order chi connectivity index (χ1) is 7.63. The van der Waals surface area contributed by atoms with E-state index in [-0.39, 0.29) is 0 Å². The number of ether oxygens (including phenoxy) is 1. The van der Waals surface area contributed by atoms with Gasteiger partial charge in [-0.2, -0.15) is 0 Å². The highest BCUT2D eigenvalue weighted by Crippen LogP contribution is 2.17. The minimum Gasteiger partial charge on any atom is -0.385 e. The van der Waals surface area contributed by atoms with Crippen molar-refractivity contribution in [3.8, 4) is 0 Å². The van der Waals surface area contributed by atoms with Crippen LogP contribution in [-0.2, 0) is 4.74 Å². The smallest absolute Gasteiger partial charge is 0.0481 e. The van der Waals surface area contributed by atoms with E-state index in [2.05, 4.69) is 50.4 Å². The molecule has 0 saturated carbocycles. The molecule has 0 spiro atoms. The maximum Gasteiger partial charge on any atom is 0.0481 e. The maximum absolute atomic E-state index is 5.06. The van der Waals surface area contributed by atoms with E-state index >= 15 is 0 Å². The van der Waals surface area contributed by atoms with Crippen molar-refractivity contribution in [2.75, 3.05) is 19.0 Å². The molecule has 16 heavy (non-hydrogen) atoms. The fourth-order valence-electron chi connectivity index (χ4n) is 1.62. The molecule has 0 aliphatic heterocycles. The number of rotatable bonds is 6. The van der Waals surface area contributed by atoms with E-state index in [1.165, 1.54) is 11.3 Å². The standard InChI is InChI=1S/C14H23NO/c1-11(2)13-5-7-14(8-6-13)15-12(3)9-10-16-4/h5-8,11-12,15H,9-10H2,1-4H3. The molecule has 0 aliphatic rings. The first kappa shape index (κ1) is 13.0. The Bertz CT molecular complexity index is 292. The van der Waals surface area contributed by atoms with Gasteiger partial charge in [0.25, 0.3) is 0 Å². The summed E-state index contributed by atoms with van der Waals surface area (Å²) in [6.45, 7) is 7.40. The van der Waals surface area contributed by atoms with Crippen molar-refractivity contribution in [2.45, 2.75) is 39.2 Å². The summed E-state index contributed by atoms with van der Waals surface area (Å²) in [6.07, 6.45) is 1.03. The van der Waals surface area contributed by atoms with Crippen LogP contribution in [0.3, 0.4) is 0 Å². The van der Waals surface area contributed by atoms with E-state index in [9.17, 15) is 0 Å². The molecule has 1 unspecified atom stereocenters. The molecule has 1 rings (SSSR count). The molecule has 1 aromatic rings. The lowest BCUT2D eigenvalue weighted by molar-refractivity contribution is 0.191. The van der Waals surface area contributed by atoms with E-state index in [1.807, 2.05) is 0 Å². The fraction of sp³-hybridized carbons (Fsp3) is 0.571. The third-order valence-corrected chi connectivity index (χ3v) is 2.75. The molecule has 0 aromatic heterocycles. The number of anilines is 1. The number of benzene rings is 1. The van der Waals surface area contributed by atoms with E-state index < -0.39 is 0 Å². The van der Waals surface area contributed by atoms with Crippen molar-refractivity contribution >= 4 is 5.69 Å². The maximum atomic E-state index is 5.06. The Kier molecular flexibility index (Phi) is 5.33. The first-order valence-corrected chi connectivity index (χ1v) is 5.99. The zero-order chi connectivity index (χ0) is 12.0. The summed E-state index contributed by atoms with van der Waals surface area (Å²) in [5.74, 6) is 0.597. The van der Waals surface area contributed by atoms with Crippen LogP contribution in [0.2, 0.25) is 0 Å². The van der Waals surface area contributed by atoms with Gasteiger partial charge in [0.2, 0.25) is 0 Å². The zero-order valence-corrected chi connectivity index (χ0v) is 10.8. The average Bonchev–Trinajstić information content (AvgIpc) is 2.27. The Morgan fingerprint density at radius 3 is 2.25 bits per heavy atom. The fourth-order valence-corrected chi connectivity index (χ4v) is 1.62. The van der Waals surface area contributed by atoms with Crippen LogP contribution in [0.4, 0.5) is 5.69 Å². The number of methoxy groups -OCH3 is 1. The molecule has 0 aliphatic carbocycles. The third-order valence-electron chi connectivity index (χ3n) is 2.75. The second-order valence-corrected chi connectivity index (χ2v) is 4.60. The number of hydrogen-bond donors (Lipinski definition) is 1. The minimum absolute atomic E-state index is 0.449. The predicted molar refractivity (Wildman–Crippen MR) is 70.1 cm³/mol. The van der Waals surface area contributed by atoms with Crippen LogP contribution < -0.4 is 5.32 Å². The van der Waals surface area contributed by atoms with Crippen LogP contribution in [0.5, 0.6) is 0 Å². The van der Waals surface area contributed by atoms with E-state index in [0.717, 1.165) is 13.0 Å². The molecule has 2 heteroatoms. The summed E-state index contributed by atoms with van der Waals surface area (Å²) >= 11 is 0. The van der Waals surface area contributed by atoms with Crippen LogP contribution in [0.15, 0.2) is 24.3 Å². The van der Waals surface area contributed by atoms with Gasteiger partial charge in [-0.05, 0) is 37.0 Å². The molecule has 0 fully saturated rings. The van der Waals surface area contributed by atoms with Crippen LogP contribution in [0.25, 0.3) is 0 Å². The molecule has 1 atom stereocenters. The van der Waals surface area contributed by atoms with Gasteiger partial charge < -0.3 is 10.1 Å². The van der Waals surface area contributed by atoms with Crippen LogP contribution >= 0.6 is 0 Å². The lowest BCUT2D eigenvalue weighted by Gasteiger charge is -2.15. The third kappa shape index (κ3) is 4.23. The Morgan fingerprint density at radius 2 is 1.75 bits per heavy atom. The molecule has 90 valence electrons. The quantitative estimate of drug-likeness (QED) is 0.791. The zero-order valence-electron chi connectivity index (χ0n) is 10.8. The summed E-state index contributed by atoms with van der Waals surface area (Å²) in [5, 5.41) is 3.46. The Hall–Kier alpha value is -1.02. The van der Waals surface area contributed by atoms with Crippen molar-refractivity contribution in [3.05, 3.63) is 29.8 Å². The highest BCUT2D eigenvalue weighted by molar-refractivity contribution is 5.45. The van der Waals surface area contributed by atoms with Crippen LogP contribution in [0, 0.1) is 0 Å². The molecular formula is C14H23NO. The van der Waals surface area contributed by atoms with Crippen molar-refractivity contribution < 1.29 is 4.74 Å². The second kappa shape index (κ2) is 6.54. The molecule has 1 aromatic carbocycles. The molecule has 0 radical (unpaired) electrons. The SMILES string of the molecule is COCCC(C)Nc1ccc(C(C)C)cc1. The highest BCUT2D eigenvalue weighted by atomic mass is 16.5. The number of hydrogen-bond acceptors (Lipinski definition) is 2. The summed E-state index contributed by atoms with van der Waals surface area (Å²) in [4.78, 5) is 0. The topological polar surface area (TPSA) is 21.3 Å². The van der Waals surface area contributed by atoms with Gasteiger partial charge in [0.1, 0.15) is 0 Å². The van der Waals surface area contributed by atoms with E-state index in [4.69, 9.17) is 4.74 Å². The van der Waals surface area contributed by atoms with Gasteiger partial charge in [0.05, 0.1) is 0 Å². The van der Waals surface area contributed by atoms with E-state index in [0.29, 0.717) is 12.0 Å². The summed E-state index contributed by atoms with van der Waals surface area (Å²) in [6, 6.07) is 9.13. The van der Waals surface area contributed by atoms with Crippen molar-refractivity contribution in [2.24, 2.45) is 0 Å². The van der Waals surface area contributed by atoms with Gasteiger partial charge in [-0.25, -0.2) is 0 Å². The van der Waals surface area contributed by atoms with Crippen molar-refractivity contribution in [1.82, 2.24) is 0 Å². The highest BCUT2D eigenvalue weighted by Gasteiger charge is 2.02. The van der Waals surface area contributed by atoms with E-state index in [1.54, 1.807) is 7.11 Å². The van der Waals surface area contributed by atoms with Crippen LogP contribution in [0.1, 0.15) is 38.7 Å². The van der Waals surface area contributed by atoms with Crippen LogP contribution in [-0.4, -0.2) is 19.8 Å². The summed E-state index contributed by atoms with van der Waals surface area (Å²) in [7, 11) is 1.74. The Balaban J connectivity index is 2.48. The molecule has 2 nitrogen and oxygen atoms in total.